The van der Waals surface area contributed by atoms with Crippen LogP contribution in [0.3, 0.4) is 0 Å². The van der Waals surface area contributed by atoms with Gasteiger partial charge in [0, 0.05) is 24.4 Å². The van der Waals surface area contributed by atoms with E-state index < -0.39 is 17.9 Å². The Balaban J connectivity index is 1.95. The highest BCUT2D eigenvalue weighted by atomic mass is 16.4. The van der Waals surface area contributed by atoms with E-state index >= 15 is 0 Å². The van der Waals surface area contributed by atoms with Crippen LogP contribution in [0.15, 0.2) is 54.9 Å². The first kappa shape index (κ1) is 14.7. The minimum atomic E-state index is -1.03. The van der Waals surface area contributed by atoms with Crippen molar-refractivity contribution >= 4 is 11.9 Å². The number of nitrogens with zero attached hydrogens (tertiary/aromatic N) is 1. The number of carbonyl (C=O) groups is 2. The molecule has 6 nitrogen and oxygen atoms in total. The van der Waals surface area contributed by atoms with Gasteiger partial charge in [-0.05, 0) is 17.7 Å². The lowest BCUT2D eigenvalue weighted by Crippen LogP contribution is -2.49. The minimum absolute atomic E-state index is 0.271. The van der Waals surface area contributed by atoms with Gasteiger partial charge in [0.2, 0.25) is 0 Å². The van der Waals surface area contributed by atoms with Gasteiger partial charge in [-0.25, -0.2) is 5.43 Å². The van der Waals surface area contributed by atoms with Gasteiger partial charge in [0.25, 0.3) is 5.91 Å². The number of rotatable bonds is 6. The van der Waals surface area contributed by atoms with Crippen LogP contribution >= 0.6 is 0 Å². The maximum Gasteiger partial charge on any atom is 0.322 e. The van der Waals surface area contributed by atoms with E-state index in [0.717, 1.165) is 5.56 Å². The predicted molar refractivity (Wildman–Crippen MR) is 76.4 cm³/mol. The standard InChI is InChI=1S/C15H15N3O3/c19-14(12-6-8-16-9-7-12)18-17-13(15(20)21)10-11-4-2-1-3-5-11/h1-9,13,17H,10H2,(H,18,19)(H,20,21)/t13-/m0/s1. The molecule has 21 heavy (non-hydrogen) atoms. The Kier molecular flexibility index (Phi) is 5.00. The highest BCUT2D eigenvalue weighted by Crippen LogP contribution is 2.03. The average molecular weight is 285 g/mol. The molecule has 0 saturated carbocycles. The number of carboxylic acids is 1. The van der Waals surface area contributed by atoms with Crippen molar-refractivity contribution in [2.24, 2.45) is 0 Å². The fourth-order valence-electron chi connectivity index (χ4n) is 1.78. The van der Waals surface area contributed by atoms with Crippen molar-refractivity contribution in [2.75, 3.05) is 0 Å². The third-order valence-electron chi connectivity index (χ3n) is 2.88. The molecule has 1 heterocycles. The van der Waals surface area contributed by atoms with Gasteiger partial charge in [-0.3, -0.25) is 20.0 Å². The molecule has 0 aliphatic carbocycles. The monoisotopic (exact) mass is 285 g/mol. The third kappa shape index (κ3) is 4.39. The number of pyridine rings is 1. The Morgan fingerprint density at radius 1 is 1.10 bits per heavy atom. The molecule has 0 spiro atoms. The highest BCUT2D eigenvalue weighted by molar-refractivity contribution is 5.93. The summed E-state index contributed by atoms with van der Waals surface area (Å²) in [5.74, 6) is -1.44. The Morgan fingerprint density at radius 2 is 1.76 bits per heavy atom. The number of hydrazine groups is 1. The van der Waals surface area contributed by atoms with Gasteiger partial charge in [-0.2, -0.15) is 0 Å². The first-order valence-corrected chi connectivity index (χ1v) is 6.39. The molecular weight excluding hydrogens is 270 g/mol. The van der Waals surface area contributed by atoms with Gasteiger partial charge in [0.15, 0.2) is 0 Å². The zero-order chi connectivity index (χ0) is 15.1. The number of benzene rings is 1. The Labute approximate surface area is 121 Å². The van der Waals surface area contributed by atoms with E-state index in [1.165, 1.54) is 12.4 Å². The minimum Gasteiger partial charge on any atom is -0.480 e. The Bertz CT molecular complexity index is 602. The molecule has 0 fully saturated rings. The van der Waals surface area contributed by atoms with E-state index in [-0.39, 0.29) is 6.42 Å². The van der Waals surface area contributed by atoms with Crippen LogP contribution in [0.1, 0.15) is 15.9 Å². The van der Waals surface area contributed by atoms with Crippen LogP contribution in [0, 0.1) is 0 Å². The molecular formula is C15H15N3O3. The van der Waals surface area contributed by atoms with Gasteiger partial charge in [-0.15, -0.1) is 0 Å². The molecule has 0 unspecified atom stereocenters. The van der Waals surface area contributed by atoms with Gasteiger partial charge in [0.1, 0.15) is 6.04 Å². The van der Waals surface area contributed by atoms with Crippen LogP contribution in [-0.2, 0) is 11.2 Å². The first-order valence-electron chi connectivity index (χ1n) is 6.39. The van der Waals surface area contributed by atoms with E-state index in [1.54, 1.807) is 12.1 Å². The molecule has 0 aliphatic rings. The molecule has 0 bridgehead atoms. The van der Waals surface area contributed by atoms with Gasteiger partial charge in [-0.1, -0.05) is 30.3 Å². The van der Waals surface area contributed by atoms with E-state index in [1.807, 2.05) is 30.3 Å². The second-order valence-corrected chi connectivity index (χ2v) is 4.41. The number of hydrogen-bond donors (Lipinski definition) is 3. The van der Waals surface area contributed by atoms with Crippen LogP contribution in [0.2, 0.25) is 0 Å². The van der Waals surface area contributed by atoms with Gasteiger partial charge >= 0.3 is 5.97 Å². The van der Waals surface area contributed by atoms with Crippen LogP contribution in [0.5, 0.6) is 0 Å². The number of carbonyl (C=O) groups excluding carboxylic acids is 1. The third-order valence-corrected chi connectivity index (χ3v) is 2.88. The van der Waals surface area contributed by atoms with Crippen molar-refractivity contribution < 1.29 is 14.7 Å². The molecule has 0 radical (unpaired) electrons. The zero-order valence-electron chi connectivity index (χ0n) is 11.2. The number of aromatic nitrogens is 1. The SMILES string of the molecule is O=C(NN[C@@H](Cc1ccccc1)C(=O)O)c1ccncc1. The topological polar surface area (TPSA) is 91.3 Å². The van der Waals surface area contributed by atoms with Gasteiger partial charge < -0.3 is 5.11 Å². The molecule has 2 aromatic rings. The quantitative estimate of drug-likeness (QED) is 0.689. The second-order valence-electron chi connectivity index (χ2n) is 4.41. The molecule has 2 rings (SSSR count). The Morgan fingerprint density at radius 3 is 2.38 bits per heavy atom. The zero-order valence-corrected chi connectivity index (χ0v) is 11.2. The van der Waals surface area contributed by atoms with Crippen LogP contribution in [-0.4, -0.2) is 28.0 Å². The summed E-state index contributed by atoms with van der Waals surface area (Å²) in [6.07, 6.45) is 3.26. The smallest absolute Gasteiger partial charge is 0.322 e. The summed E-state index contributed by atoms with van der Waals surface area (Å²) < 4.78 is 0. The number of amides is 1. The van der Waals surface area contributed by atoms with Gasteiger partial charge in [0.05, 0.1) is 0 Å². The first-order chi connectivity index (χ1) is 10.2. The molecule has 1 aromatic heterocycles. The molecule has 0 saturated heterocycles. The van der Waals surface area contributed by atoms with E-state index in [4.69, 9.17) is 0 Å². The number of hydrogen-bond acceptors (Lipinski definition) is 4. The summed E-state index contributed by atoms with van der Waals surface area (Å²) in [5.41, 5.74) is 6.22. The predicted octanol–water partition coefficient (Wildman–Crippen LogP) is 1.01. The maximum absolute atomic E-state index is 11.8. The lowest BCUT2D eigenvalue weighted by molar-refractivity contribution is -0.139. The van der Waals surface area contributed by atoms with E-state index in [9.17, 15) is 14.7 Å². The molecule has 0 aliphatic heterocycles. The number of nitrogens with one attached hydrogen (secondary N) is 2. The maximum atomic E-state index is 11.8. The summed E-state index contributed by atoms with van der Waals surface area (Å²) in [6.45, 7) is 0. The fourth-order valence-corrected chi connectivity index (χ4v) is 1.78. The van der Waals surface area contributed by atoms with Crippen molar-refractivity contribution in [2.45, 2.75) is 12.5 Å². The van der Waals surface area contributed by atoms with Crippen molar-refractivity contribution in [1.29, 1.82) is 0 Å². The van der Waals surface area contributed by atoms with Crippen molar-refractivity contribution in [3.63, 3.8) is 0 Å². The van der Waals surface area contributed by atoms with Crippen LogP contribution in [0.4, 0.5) is 0 Å². The molecule has 6 heteroatoms. The summed E-state index contributed by atoms with van der Waals surface area (Å²) in [5, 5.41) is 9.19. The normalized spacial score (nSPS) is 11.6. The molecule has 1 amide bonds. The summed E-state index contributed by atoms with van der Waals surface area (Å²) in [4.78, 5) is 26.9. The van der Waals surface area contributed by atoms with Crippen LogP contribution < -0.4 is 10.9 Å². The Hall–Kier alpha value is -2.73. The highest BCUT2D eigenvalue weighted by Gasteiger charge is 2.18. The molecule has 108 valence electrons. The van der Waals surface area contributed by atoms with Crippen LogP contribution in [0.25, 0.3) is 0 Å². The summed E-state index contributed by atoms with van der Waals surface area (Å²) in [7, 11) is 0. The van der Waals surface area contributed by atoms with Crippen molar-refractivity contribution in [3.05, 3.63) is 66.0 Å². The largest absolute Gasteiger partial charge is 0.480 e. The lowest BCUT2D eigenvalue weighted by atomic mass is 10.1. The van der Waals surface area contributed by atoms with E-state index in [0.29, 0.717) is 5.56 Å². The number of carboxylic acid groups (broad SMARTS) is 1. The molecule has 1 aromatic carbocycles. The summed E-state index contributed by atoms with van der Waals surface area (Å²) in [6, 6.07) is 11.4. The lowest BCUT2D eigenvalue weighted by Gasteiger charge is -2.15. The molecule has 3 N–H and O–H groups in total. The summed E-state index contributed by atoms with van der Waals surface area (Å²) >= 11 is 0. The van der Waals surface area contributed by atoms with Crippen molar-refractivity contribution in [3.8, 4) is 0 Å². The van der Waals surface area contributed by atoms with Crippen molar-refractivity contribution in [1.82, 2.24) is 15.8 Å². The fraction of sp³-hybridized carbons (Fsp3) is 0.133. The second kappa shape index (κ2) is 7.16. The number of aliphatic carboxylic acids is 1. The average Bonchev–Trinajstić information content (AvgIpc) is 2.52. The van der Waals surface area contributed by atoms with E-state index in [2.05, 4.69) is 15.8 Å². The molecule has 1 atom stereocenters.